The zero-order valence-electron chi connectivity index (χ0n) is 12.4. The fourth-order valence-corrected chi connectivity index (χ4v) is 1.65. The Balaban J connectivity index is 3.18. The van der Waals surface area contributed by atoms with Gasteiger partial charge in [0.05, 0.1) is 13.2 Å². The van der Waals surface area contributed by atoms with Gasteiger partial charge in [0.25, 0.3) is 0 Å². The van der Waals surface area contributed by atoms with Gasteiger partial charge in [-0.3, -0.25) is 0 Å². The number of methoxy groups -OCH3 is 1. The van der Waals surface area contributed by atoms with Crippen LogP contribution < -0.4 is 5.32 Å². The van der Waals surface area contributed by atoms with Gasteiger partial charge in [0, 0.05) is 20.3 Å². The summed E-state index contributed by atoms with van der Waals surface area (Å²) in [6.45, 7) is 2.38. The minimum Gasteiger partial charge on any atom is -0.450 e. The van der Waals surface area contributed by atoms with Gasteiger partial charge in [-0.25, -0.2) is 14.6 Å². The number of carbonyl (C=O) groups excluding carboxylic acids is 2. The molecule has 6 nitrogen and oxygen atoms in total. The lowest BCUT2D eigenvalue weighted by atomic mass is 10.2. The van der Waals surface area contributed by atoms with Gasteiger partial charge in [-0.15, -0.1) is 0 Å². The Morgan fingerprint density at radius 2 is 1.75 bits per heavy atom. The third kappa shape index (κ3) is 14.7. The summed E-state index contributed by atoms with van der Waals surface area (Å²) in [6, 6.07) is 0. The average molecular weight is 286 g/mol. The lowest BCUT2D eigenvalue weighted by Crippen LogP contribution is -2.25. The molecule has 6 heteroatoms. The number of hydrogen-bond donors (Lipinski definition) is 1. The minimum absolute atomic E-state index is 0.345. The van der Waals surface area contributed by atoms with Gasteiger partial charge in [-0.1, -0.05) is 12.8 Å². The summed E-state index contributed by atoms with van der Waals surface area (Å²) in [5.41, 5.74) is 0. The number of alkyl carbamates (subject to hydrolysis) is 1. The van der Waals surface area contributed by atoms with Crippen molar-refractivity contribution in [2.45, 2.75) is 44.9 Å². The van der Waals surface area contributed by atoms with Crippen molar-refractivity contribution >= 4 is 12.2 Å². The summed E-state index contributed by atoms with van der Waals surface area (Å²) in [5.74, 6) is 0. The van der Waals surface area contributed by atoms with Gasteiger partial charge in [-0.2, -0.15) is 0 Å². The molecule has 20 heavy (non-hydrogen) atoms. The van der Waals surface area contributed by atoms with Crippen molar-refractivity contribution in [2.75, 3.05) is 33.4 Å². The average Bonchev–Trinajstić information content (AvgIpc) is 2.45. The van der Waals surface area contributed by atoms with Crippen LogP contribution in [0.4, 0.5) is 4.79 Å². The minimum atomic E-state index is -0.345. The molecule has 0 unspecified atom stereocenters. The van der Waals surface area contributed by atoms with Crippen molar-refractivity contribution in [3.05, 3.63) is 0 Å². The number of carbonyl (C=O) groups is 1. The van der Waals surface area contributed by atoms with Crippen LogP contribution in [0, 0.1) is 0 Å². The first kappa shape index (κ1) is 18.6. The monoisotopic (exact) mass is 286 g/mol. The summed E-state index contributed by atoms with van der Waals surface area (Å²) in [5, 5.41) is 2.72. The van der Waals surface area contributed by atoms with E-state index in [-0.39, 0.29) is 6.09 Å². The molecule has 1 amide bonds. The second kappa shape index (κ2) is 15.7. The zero-order valence-corrected chi connectivity index (χ0v) is 12.4. The van der Waals surface area contributed by atoms with Crippen LogP contribution in [0.3, 0.4) is 0 Å². The molecule has 0 heterocycles. The van der Waals surface area contributed by atoms with Crippen molar-refractivity contribution < 1.29 is 19.1 Å². The van der Waals surface area contributed by atoms with Gasteiger partial charge in [-0.05, 0) is 32.1 Å². The smallest absolute Gasteiger partial charge is 0.407 e. The van der Waals surface area contributed by atoms with E-state index in [1.54, 1.807) is 7.11 Å². The first-order valence-corrected chi connectivity index (χ1v) is 7.24. The van der Waals surface area contributed by atoms with Crippen LogP contribution in [0.2, 0.25) is 0 Å². The highest BCUT2D eigenvalue weighted by molar-refractivity contribution is 5.66. The van der Waals surface area contributed by atoms with Crippen LogP contribution >= 0.6 is 0 Å². The van der Waals surface area contributed by atoms with E-state index in [1.165, 1.54) is 6.08 Å². The molecule has 0 aromatic carbocycles. The lowest BCUT2D eigenvalue weighted by molar-refractivity contribution is 0.141. The quantitative estimate of drug-likeness (QED) is 0.320. The number of amides is 1. The Morgan fingerprint density at radius 3 is 2.50 bits per heavy atom. The molecule has 1 N–H and O–H groups in total. The largest absolute Gasteiger partial charge is 0.450 e. The maximum absolute atomic E-state index is 11.3. The van der Waals surface area contributed by atoms with Crippen molar-refractivity contribution in [3.8, 4) is 0 Å². The maximum atomic E-state index is 11.3. The van der Waals surface area contributed by atoms with E-state index in [2.05, 4.69) is 10.3 Å². The van der Waals surface area contributed by atoms with Crippen LogP contribution in [0.5, 0.6) is 0 Å². The highest BCUT2D eigenvalue weighted by Crippen LogP contribution is 1.99. The van der Waals surface area contributed by atoms with E-state index in [0.717, 1.165) is 51.6 Å². The van der Waals surface area contributed by atoms with Crippen molar-refractivity contribution in [1.82, 2.24) is 5.32 Å². The van der Waals surface area contributed by atoms with Crippen LogP contribution in [0.15, 0.2) is 4.99 Å². The molecule has 0 aliphatic carbocycles. The molecule has 0 bridgehead atoms. The first-order valence-electron chi connectivity index (χ1n) is 7.24. The highest BCUT2D eigenvalue weighted by Gasteiger charge is 2.00. The molecule has 0 radical (unpaired) electrons. The Labute approximate surface area is 120 Å². The van der Waals surface area contributed by atoms with Gasteiger partial charge in [0.1, 0.15) is 0 Å². The Bertz CT molecular complexity index is 278. The van der Waals surface area contributed by atoms with E-state index in [4.69, 9.17) is 9.47 Å². The molecule has 0 spiro atoms. The van der Waals surface area contributed by atoms with Crippen LogP contribution in [-0.4, -0.2) is 45.6 Å². The predicted octanol–water partition coefficient (Wildman–Crippen LogP) is 2.43. The molecule has 0 atom stereocenters. The number of isocyanates is 1. The maximum Gasteiger partial charge on any atom is 0.407 e. The van der Waals surface area contributed by atoms with E-state index < -0.39 is 0 Å². The van der Waals surface area contributed by atoms with Crippen molar-refractivity contribution in [3.63, 3.8) is 0 Å². The van der Waals surface area contributed by atoms with Gasteiger partial charge in [0.15, 0.2) is 0 Å². The molecule has 0 aliphatic rings. The Morgan fingerprint density at radius 1 is 1.05 bits per heavy atom. The SMILES string of the molecule is COCCCCCOC(=O)NCCCCCCN=C=O. The molecule has 0 aliphatic heterocycles. The fourth-order valence-electron chi connectivity index (χ4n) is 1.65. The summed E-state index contributed by atoms with van der Waals surface area (Å²) < 4.78 is 9.96. The first-order chi connectivity index (χ1) is 9.81. The number of hydrogen-bond acceptors (Lipinski definition) is 5. The number of nitrogens with one attached hydrogen (secondary N) is 1. The van der Waals surface area contributed by atoms with E-state index in [1.807, 2.05) is 0 Å². The molecule has 0 rings (SSSR count). The highest BCUT2D eigenvalue weighted by atomic mass is 16.5. The zero-order chi connectivity index (χ0) is 14.9. The van der Waals surface area contributed by atoms with Gasteiger partial charge >= 0.3 is 6.09 Å². The van der Waals surface area contributed by atoms with Gasteiger partial charge in [0.2, 0.25) is 6.08 Å². The topological polar surface area (TPSA) is 77.0 Å². The fraction of sp³-hybridized carbons (Fsp3) is 0.857. The molecular weight excluding hydrogens is 260 g/mol. The van der Waals surface area contributed by atoms with E-state index >= 15 is 0 Å². The molecule has 0 fully saturated rings. The second-order valence-corrected chi connectivity index (χ2v) is 4.50. The predicted molar refractivity (Wildman–Crippen MR) is 76.5 cm³/mol. The number of nitrogens with zero attached hydrogens (tertiary/aromatic N) is 1. The molecule has 116 valence electrons. The molecular formula is C14H26N2O4. The summed E-state index contributed by atoms with van der Waals surface area (Å²) in [4.78, 5) is 24.6. The third-order valence-electron chi connectivity index (χ3n) is 2.76. The number of aliphatic imine (C=N–C) groups is 1. The van der Waals surface area contributed by atoms with Gasteiger partial charge < -0.3 is 14.8 Å². The number of rotatable bonds is 13. The molecule has 0 aromatic rings. The summed E-state index contributed by atoms with van der Waals surface area (Å²) in [7, 11) is 1.68. The van der Waals surface area contributed by atoms with E-state index in [0.29, 0.717) is 19.7 Å². The van der Waals surface area contributed by atoms with E-state index in [9.17, 15) is 9.59 Å². The lowest BCUT2D eigenvalue weighted by Gasteiger charge is -2.06. The van der Waals surface area contributed by atoms with Crippen LogP contribution in [-0.2, 0) is 14.3 Å². The number of unbranched alkanes of at least 4 members (excludes halogenated alkanes) is 5. The molecule has 0 aromatic heterocycles. The Kier molecular flexibility index (Phi) is 14.6. The standard InChI is InChI=1S/C14H26N2O4/c1-19-11-7-4-8-12-20-14(18)16-10-6-3-2-5-9-15-13-17/h2-12H2,1H3,(H,16,18). The normalized spacial score (nSPS) is 9.85. The third-order valence-corrected chi connectivity index (χ3v) is 2.76. The Hall–Kier alpha value is -1.39. The summed E-state index contributed by atoms with van der Waals surface area (Å²) in [6.07, 6.45) is 7.85. The van der Waals surface area contributed by atoms with Crippen molar-refractivity contribution in [1.29, 1.82) is 0 Å². The van der Waals surface area contributed by atoms with Crippen molar-refractivity contribution in [2.24, 2.45) is 4.99 Å². The molecule has 0 saturated carbocycles. The van der Waals surface area contributed by atoms with Crippen LogP contribution in [0.1, 0.15) is 44.9 Å². The summed E-state index contributed by atoms with van der Waals surface area (Å²) >= 11 is 0. The molecule has 0 saturated heterocycles. The number of ether oxygens (including phenoxy) is 2. The van der Waals surface area contributed by atoms with Crippen LogP contribution in [0.25, 0.3) is 0 Å². The second-order valence-electron chi connectivity index (χ2n) is 4.50.